The molecule has 1 unspecified atom stereocenters. The Morgan fingerprint density at radius 1 is 1.21 bits per heavy atom. The van der Waals surface area contributed by atoms with Crippen LogP contribution in [0, 0.1) is 17.3 Å². The predicted molar refractivity (Wildman–Crippen MR) is 105 cm³/mol. The smallest absolute Gasteiger partial charge is 0.340 e. The summed E-state index contributed by atoms with van der Waals surface area (Å²) in [5.74, 6) is 0.749. The predicted octanol–water partition coefficient (Wildman–Crippen LogP) is 4.92. The van der Waals surface area contributed by atoms with E-state index in [1.165, 1.54) is 0 Å². The van der Waals surface area contributed by atoms with Crippen molar-refractivity contribution in [3.05, 3.63) is 46.8 Å². The van der Waals surface area contributed by atoms with Crippen LogP contribution >= 0.6 is 0 Å². The van der Waals surface area contributed by atoms with Crippen LogP contribution in [0.1, 0.15) is 65.2 Å². The molecular formula is C24H28O4. The van der Waals surface area contributed by atoms with E-state index in [9.17, 15) is 9.59 Å². The number of hydrogen-bond acceptors (Lipinski definition) is 4. The van der Waals surface area contributed by atoms with Crippen LogP contribution in [0.2, 0.25) is 0 Å². The van der Waals surface area contributed by atoms with Gasteiger partial charge in [-0.3, -0.25) is 0 Å². The molecule has 0 radical (unpaired) electrons. The zero-order chi connectivity index (χ0) is 19.5. The van der Waals surface area contributed by atoms with Crippen LogP contribution in [-0.2, 0) is 19.1 Å². The molecule has 2 aliphatic heterocycles. The first-order chi connectivity index (χ1) is 13.6. The van der Waals surface area contributed by atoms with Gasteiger partial charge in [-0.25, -0.2) is 9.59 Å². The first-order valence-electron chi connectivity index (χ1n) is 10.9. The molecule has 1 saturated carbocycles. The van der Waals surface area contributed by atoms with Crippen molar-refractivity contribution in [2.45, 2.75) is 70.8 Å². The second kappa shape index (κ2) is 6.20. The monoisotopic (exact) mass is 380 g/mol. The molecular weight excluding hydrogens is 352 g/mol. The lowest BCUT2D eigenvalue weighted by molar-refractivity contribution is -0.176. The van der Waals surface area contributed by atoms with Gasteiger partial charge in [0.25, 0.3) is 0 Å². The van der Waals surface area contributed by atoms with Gasteiger partial charge >= 0.3 is 11.9 Å². The third kappa shape index (κ3) is 1.96. The van der Waals surface area contributed by atoms with Gasteiger partial charge in [-0.15, -0.1) is 0 Å². The molecule has 28 heavy (non-hydrogen) atoms. The number of ether oxygens (including phenoxy) is 2. The lowest BCUT2D eigenvalue weighted by Crippen LogP contribution is -2.63. The number of cyclic esters (lactones) is 1. The molecule has 0 aromatic rings. The third-order valence-electron chi connectivity index (χ3n) is 7.52. The van der Waals surface area contributed by atoms with Gasteiger partial charge in [0.2, 0.25) is 0 Å². The van der Waals surface area contributed by atoms with E-state index in [1.54, 1.807) is 0 Å². The Morgan fingerprint density at radius 3 is 2.86 bits per heavy atom. The van der Waals surface area contributed by atoms with Crippen molar-refractivity contribution in [3.8, 4) is 0 Å². The van der Waals surface area contributed by atoms with Crippen molar-refractivity contribution < 1.29 is 19.1 Å². The van der Waals surface area contributed by atoms with Gasteiger partial charge in [-0.05, 0) is 56.1 Å². The summed E-state index contributed by atoms with van der Waals surface area (Å²) in [5.41, 5.74) is 1.21. The molecule has 2 heterocycles. The van der Waals surface area contributed by atoms with E-state index in [0.29, 0.717) is 0 Å². The van der Waals surface area contributed by atoms with Gasteiger partial charge in [0.1, 0.15) is 11.2 Å². The van der Waals surface area contributed by atoms with Crippen molar-refractivity contribution >= 4 is 11.9 Å². The first-order valence-corrected chi connectivity index (χ1v) is 10.9. The second-order valence-corrected chi connectivity index (χ2v) is 8.79. The van der Waals surface area contributed by atoms with E-state index >= 15 is 0 Å². The number of carbonyl (C=O) groups is 2. The highest BCUT2D eigenvalue weighted by Gasteiger charge is 2.75. The Hall–Kier alpha value is -2.10. The number of unbranched alkanes of at least 4 members (excludes halogenated alkanes) is 1. The number of carbonyl (C=O) groups excluding carboxylic acids is 2. The molecule has 4 aliphatic carbocycles. The van der Waals surface area contributed by atoms with Crippen LogP contribution in [0.15, 0.2) is 46.8 Å². The van der Waals surface area contributed by atoms with E-state index in [1.807, 2.05) is 6.08 Å². The molecule has 1 saturated heterocycles. The minimum atomic E-state index is -0.751. The zero-order valence-corrected chi connectivity index (χ0v) is 16.8. The molecule has 4 nitrogen and oxygen atoms in total. The van der Waals surface area contributed by atoms with Gasteiger partial charge in [-0.1, -0.05) is 44.9 Å². The van der Waals surface area contributed by atoms with E-state index in [0.717, 1.165) is 73.8 Å². The molecule has 6 rings (SSSR count). The average molecular weight is 380 g/mol. The Labute approximate surface area is 166 Å². The molecule has 2 bridgehead atoms. The average Bonchev–Trinajstić information content (AvgIpc) is 3.17. The number of fused-ring (bicyclic) bond motifs is 1. The third-order valence-corrected chi connectivity index (χ3v) is 7.52. The van der Waals surface area contributed by atoms with Gasteiger partial charge in [0.05, 0.1) is 11.1 Å². The summed E-state index contributed by atoms with van der Waals surface area (Å²) in [4.78, 5) is 25.9. The summed E-state index contributed by atoms with van der Waals surface area (Å²) in [7, 11) is 0. The summed E-state index contributed by atoms with van der Waals surface area (Å²) in [6.45, 7) is 4.31. The number of hydrogen-bond donors (Lipinski definition) is 0. The van der Waals surface area contributed by atoms with Crippen LogP contribution in [0.25, 0.3) is 0 Å². The van der Waals surface area contributed by atoms with Crippen molar-refractivity contribution in [1.29, 1.82) is 0 Å². The number of esters is 2. The molecule has 0 aromatic heterocycles. The summed E-state index contributed by atoms with van der Waals surface area (Å²) in [5, 5.41) is 0. The quantitative estimate of drug-likeness (QED) is 0.650. The fraction of sp³-hybridized carbons (Fsp3) is 0.583. The van der Waals surface area contributed by atoms with Gasteiger partial charge < -0.3 is 9.47 Å². The molecule has 148 valence electrons. The molecule has 0 aromatic carbocycles. The minimum Gasteiger partial charge on any atom is -0.449 e. The minimum absolute atomic E-state index is 0.206. The molecule has 6 aliphatic rings. The number of allylic oxidation sites excluding steroid dienone is 3. The van der Waals surface area contributed by atoms with Gasteiger partial charge in [0, 0.05) is 5.92 Å². The van der Waals surface area contributed by atoms with Crippen LogP contribution in [-0.4, -0.2) is 17.5 Å². The van der Waals surface area contributed by atoms with Gasteiger partial charge in [0.15, 0.2) is 5.60 Å². The second-order valence-electron chi connectivity index (χ2n) is 8.79. The molecule has 2 spiro atoms. The summed E-state index contributed by atoms with van der Waals surface area (Å²) in [6, 6.07) is 0. The van der Waals surface area contributed by atoms with Crippen molar-refractivity contribution in [1.82, 2.24) is 0 Å². The summed E-state index contributed by atoms with van der Waals surface area (Å²) < 4.78 is 12.3. The van der Waals surface area contributed by atoms with Crippen molar-refractivity contribution in [2.24, 2.45) is 17.3 Å². The highest BCUT2D eigenvalue weighted by molar-refractivity contribution is 6.00. The highest BCUT2D eigenvalue weighted by Crippen LogP contribution is 2.71. The van der Waals surface area contributed by atoms with Gasteiger partial charge in [-0.2, -0.15) is 0 Å². The van der Waals surface area contributed by atoms with E-state index in [4.69, 9.17) is 9.47 Å². The molecule has 0 amide bonds. The van der Waals surface area contributed by atoms with Crippen molar-refractivity contribution in [2.75, 3.05) is 0 Å². The van der Waals surface area contributed by atoms with Crippen LogP contribution in [0.4, 0.5) is 0 Å². The van der Waals surface area contributed by atoms with Crippen LogP contribution in [0.3, 0.4) is 0 Å². The topological polar surface area (TPSA) is 52.6 Å². The Morgan fingerprint density at radius 2 is 2.07 bits per heavy atom. The van der Waals surface area contributed by atoms with Crippen LogP contribution in [0.5, 0.6) is 0 Å². The fourth-order valence-electron chi connectivity index (χ4n) is 6.57. The molecule has 0 N–H and O–H groups in total. The first kappa shape index (κ1) is 18.0. The zero-order valence-electron chi connectivity index (χ0n) is 16.8. The lowest BCUT2D eigenvalue weighted by atomic mass is 9.45. The molecule has 4 heteroatoms. The molecule has 2 fully saturated rings. The Kier molecular flexibility index (Phi) is 3.98. The standard InChI is InChI=1S/C24H28O4/c1-3-5-11-20-23-13-12-15(14-19(23)22(26)27-20)17(8-4-2)24(23)18-10-7-6-9-16(18)21(25)28-24/h6,9,11,14-15,17H,3-5,7-8,10,12-13H2,1-2H3/t15-,17-,23?,24+/m1/s1. The maximum atomic E-state index is 13.0. The SMILES string of the molecule is CCCC=C1OC(=O)C2=C[C@H]3CCC12[C@]1(OC(=O)C2=C1CCC=C2)[C@@H]3CCC. The lowest BCUT2D eigenvalue weighted by Gasteiger charge is -2.59. The normalized spacial score (nSPS) is 39.4. The Balaban J connectivity index is 1.80. The van der Waals surface area contributed by atoms with E-state index in [-0.39, 0.29) is 23.8 Å². The van der Waals surface area contributed by atoms with Crippen LogP contribution < -0.4 is 0 Å². The van der Waals surface area contributed by atoms with Crippen molar-refractivity contribution in [3.63, 3.8) is 0 Å². The fourth-order valence-corrected chi connectivity index (χ4v) is 6.57. The maximum Gasteiger partial charge on any atom is 0.340 e. The number of rotatable bonds is 4. The summed E-state index contributed by atoms with van der Waals surface area (Å²) >= 11 is 0. The van der Waals surface area contributed by atoms with E-state index < -0.39 is 11.0 Å². The maximum absolute atomic E-state index is 13.0. The largest absolute Gasteiger partial charge is 0.449 e. The Bertz CT molecular complexity index is 873. The molecule has 4 atom stereocenters. The highest BCUT2D eigenvalue weighted by atomic mass is 16.6. The summed E-state index contributed by atoms with van der Waals surface area (Å²) in [6.07, 6.45) is 15.7. The van der Waals surface area contributed by atoms with E-state index in [2.05, 4.69) is 32.1 Å².